The molecule has 0 saturated heterocycles. The summed E-state index contributed by atoms with van der Waals surface area (Å²) in [7, 11) is -3.69. The topological polar surface area (TPSA) is 69.4 Å². The molecule has 0 aromatic heterocycles. The first-order valence-electron chi connectivity index (χ1n) is 5.07. The quantitative estimate of drug-likeness (QED) is 0.650. The van der Waals surface area contributed by atoms with Crippen molar-refractivity contribution in [1.29, 1.82) is 0 Å². The van der Waals surface area contributed by atoms with Crippen LogP contribution in [0.1, 0.15) is 17.5 Å². The van der Waals surface area contributed by atoms with Crippen molar-refractivity contribution < 1.29 is 13.2 Å². The van der Waals surface area contributed by atoms with Crippen molar-refractivity contribution in [2.75, 3.05) is 6.61 Å². The van der Waals surface area contributed by atoms with Crippen LogP contribution in [0.5, 0.6) is 5.75 Å². The lowest BCUT2D eigenvalue weighted by atomic mass is 10.1. The van der Waals surface area contributed by atoms with Crippen LogP contribution in [0.3, 0.4) is 0 Å². The van der Waals surface area contributed by atoms with Gasteiger partial charge in [-0.05, 0) is 37.1 Å². The highest BCUT2D eigenvalue weighted by Crippen LogP contribution is 2.26. The Kier molecular flexibility index (Phi) is 4.16. The molecule has 0 spiro atoms. The molecule has 0 aliphatic heterocycles. The first kappa shape index (κ1) is 13.6. The van der Waals surface area contributed by atoms with Gasteiger partial charge in [0.1, 0.15) is 5.75 Å². The Morgan fingerprint density at radius 3 is 2.53 bits per heavy atom. The molecular formula is C12H15NO3S. The summed E-state index contributed by atoms with van der Waals surface area (Å²) in [4.78, 5) is 0.124. The van der Waals surface area contributed by atoms with Crippen LogP contribution >= 0.6 is 0 Å². The van der Waals surface area contributed by atoms with E-state index in [4.69, 9.17) is 16.3 Å². The molecule has 92 valence electrons. The average Bonchev–Trinajstić information content (AvgIpc) is 2.23. The Bertz CT molecular complexity index is 556. The van der Waals surface area contributed by atoms with Crippen molar-refractivity contribution >= 4 is 10.0 Å². The SMILES string of the molecule is C#CCCOc1ccc(S(N)(=O)=O)c(C)c1C. The van der Waals surface area contributed by atoms with Gasteiger partial charge in [0.15, 0.2) is 0 Å². The lowest BCUT2D eigenvalue weighted by Gasteiger charge is -2.12. The fourth-order valence-corrected chi connectivity index (χ4v) is 2.29. The molecule has 0 atom stereocenters. The zero-order valence-corrected chi connectivity index (χ0v) is 10.7. The lowest BCUT2D eigenvalue weighted by molar-refractivity contribution is 0.324. The summed E-state index contributed by atoms with van der Waals surface area (Å²) in [5.74, 6) is 3.10. The second-order valence-corrected chi connectivity index (χ2v) is 5.19. The molecule has 0 radical (unpaired) electrons. The van der Waals surface area contributed by atoms with Crippen LogP contribution in [-0.4, -0.2) is 15.0 Å². The highest BCUT2D eigenvalue weighted by atomic mass is 32.2. The number of hydrogen-bond donors (Lipinski definition) is 1. The minimum atomic E-state index is -3.69. The van der Waals surface area contributed by atoms with E-state index in [0.717, 1.165) is 5.56 Å². The van der Waals surface area contributed by atoms with Crippen molar-refractivity contribution in [1.82, 2.24) is 0 Å². The monoisotopic (exact) mass is 253 g/mol. The van der Waals surface area contributed by atoms with Crippen LogP contribution in [0, 0.1) is 26.2 Å². The van der Waals surface area contributed by atoms with Crippen molar-refractivity contribution in [2.24, 2.45) is 5.14 Å². The van der Waals surface area contributed by atoms with Crippen LogP contribution in [0.4, 0.5) is 0 Å². The summed E-state index contributed by atoms with van der Waals surface area (Å²) in [6.07, 6.45) is 5.63. The van der Waals surface area contributed by atoms with Gasteiger partial charge in [-0.15, -0.1) is 12.3 Å². The molecule has 0 bridgehead atoms. The van der Waals surface area contributed by atoms with E-state index in [0.29, 0.717) is 24.3 Å². The summed E-state index contributed by atoms with van der Waals surface area (Å²) in [6.45, 7) is 3.89. The third-order valence-corrected chi connectivity index (χ3v) is 3.55. The summed E-state index contributed by atoms with van der Waals surface area (Å²) in [5, 5.41) is 5.10. The standard InChI is InChI=1S/C12H15NO3S/c1-4-5-8-16-11-6-7-12(17(13,14)15)10(3)9(11)2/h1,6-7H,5,8H2,2-3H3,(H2,13,14,15). The van der Waals surface area contributed by atoms with E-state index in [1.807, 2.05) is 0 Å². The second kappa shape index (κ2) is 5.21. The number of benzene rings is 1. The number of terminal acetylenes is 1. The molecule has 4 nitrogen and oxygen atoms in total. The van der Waals surface area contributed by atoms with Gasteiger partial charge in [-0.1, -0.05) is 0 Å². The smallest absolute Gasteiger partial charge is 0.238 e. The number of sulfonamides is 1. The molecule has 0 saturated carbocycles. The number of rotatable bonds is 4. The molecule has 17 heavy (non-hydrogen) atoms. The van der Waals surface area contributed by atoms with Gasteiger partial charge >= 0.3 is 0 Å². The maximum Gasteiger partial charge on any atom is 0.238 e. The van der Waals surface area contributed by atoms with Gasteiger partial charge in [-0.3, -0.25) is 0 Å². The number of hydrogen-bond acceptors (Lipinski definition) is 3. The van der Waals surface area contributed by atoms with Gasteiger partial charge in [-0.2, -0.15) is 0 Å². The molecule has 0 unspecified atom stereocenters. The molecule has 5 heteroatoms. The van der Waals surface area contributed by atoms with Crippen molar-refractivity contribution in [3.63, 3.8) is 0 Å². The molecule has 1 aromatic rings. The Balaban J connectivity index is 3.08. The molecule has 0 amide bonds. The van der Waals surface area contributed by atoms with Gasteiger partial charge in [0.25, 0.3) is 0 Å². The summed E-state index contributed by atoms with van der Waals surface area (Å²) < 4.78 is 28.0. The van der Waals surface area contributed by atoms with Gasteiger partial charge < -0.3 is 4.74 Å². The minimum Gasteiger partial charge on any atom is -0.492 e. The van der Waals surface area contributed by atoms with E-state index in [1.54, 1.807) is 19.9 Å². The second-order valence-electron chi connectivity index (χ2n) is 3.66. The Morgan fingerprint density at radius 2 is 2.00 bits per heavy atom. The number of ether oxygens (including phenoxy) is 1. The minimum absolute atomic E-state index is 0.124. The van der Waals surface area contributed by atoms with E-state index in [1.165, 1.54) is 6.07 Å². The Hall–Kier alpha value is -1.51. The normalized spacial score (nSPS) is 10.9. The summed E-state index contributed by atoms with van der Waals surface area (Å²) in [5.41, 5.74) is 1.36. The van der Waals surface area contributed by atoms with Crippen LogP contribution < -0.4 is 9.88 Å². The Labute approximate surface area is 102 Å². The number of primary sulfonamides is 1. The zero-order chi connectivity index (χ0) is 13.1. The highest BCUT2D eigenvalue weighted by molar-refractivity contribution is 7.89. The first-order chi connectivity index (χ1) is 7.88. The van der Waals surface area contributed by atoms with Crippen LogP contribution in [0.2, 0.25) is 0 Å². The highest BCUT2D eigenvalue weighted by Gasteiger charge is 2.15. The van der Waals surface area contributed by atoms with E-state index in [-0.39, 0.29) is 4.90 Å². The molecule has 0 heterocycles. The fraction of sp³-hybridized carbons (Fsp3) is 0.333. The fourth-order valence-electron chi connectivity index (χ4n) is 1.46. The van der Waals surface area contributed by atoms with Gasteiger partial charge in [0.05, 0.1) is 11.5 Å². The third-order valence-electron chi connectivity index (χ3n) is 2.50. The predicted molar refractivity (Wildman–Crippen MR) is 66.2 cm³/mol. The summed E-state index contributed by atoms with van der Waals surface area (Å²) >= 11 is 0. The van der Waals surface area contributed by atoms with Crippen LogP contribution in [-0.2, 0) is 10.0 Å². The van der Waals surface area contributed by atoms with Crippen molar-refractivity contribution in [3.05, 3.63) is 23.3 Å². The number of nitrogens with two attached hydrogens (primary N) is 1. The van der Waals surface area contributed by atoms with Gasteiger partial charge in [-0.25, -0.2) is 13.6 Å². The zero-order valence-electron chi connectivity index (χ0n) is 9.86. The maximum absolute atomic E-state index is 11.3. The van der Waals surface area contributed by atoms with Crippen molar-refractivity contribution in [2.45, 2.75) is 25.2 Å². The van der Waals surface area contributed by atoms with Crippen LogP contribution in [0.25, 0.3) is 0 Å². The lowest BCUT2D eigenvalue weighted by Crippen LogP contribution is -2.14. The average molecular weight is 253 g/mol. The van der Waals surface area contributed by atoms with Crippen molar-refractivity contribution in [3.8, 4) is 18.1 Å². The largest absolute Gasteiger partial charge is 0.492 e. The maximum atomic E-state index is 11.3. The Morgan fingerprint density at radius 1 is 1.35 bits per heavy atom. The van der Waals surface area contributed by atoms with Gasteiger partial charge in [0.2, 0.25) is 10.0 Å². The van der Waals surface area contributed by atoms with E-state index < -0.39 is 10.0 Å². The molecule has 1 rings (SSSR count). The molecule has 2 N–H and O–H groups in total. The van der Waals surface area contributed by atoms with Crippen LogP contribution in [0.15, 0.2) is 17.0 Å². The van der Waals surface area contributed by atoms with E-state index in [2.05, 4.69) is 5.92 Å². The molecular weight excluding hydrogens is 238 g/mol. The van der Waals surface area contributed by atoms with E-state index in [9.17, 15) is 8.42 Å². The molecule has 0 aliphatic carbocycles. The third kappa shape index (κ3) is 3.22. The molecule has 0 aliphatic rings. The first-order valence-corrected chi connectivity index (χ1v) is 6.62. The van der Waals surface area contributed by atoms with Gasteiger partial charge in [0, 0.05) is 6.42 Å². The predicted octanol–water partition coefficient (Wildman–Crippen LogP) is 1.35. The molecule has 0 fully saturated rings. The molecule has 1 aromatic carbocycles. The van der Waals surface area contributed by atoms with E-state index >= 15 is 0 Å². The summed E-state index contributed by atoms with van der Waals surface area (Å²) in [6, 6.07) is 3.04.